The average Bonchev–Trinajstić information content (AvgIpc) is 3.65. The van der Waals surface area contributed by atoms with Crippen LogP contribution in [0.15, 0.2) is 85.2 Å². The van der Waals surface area contributed by atoms with Gasteiger partial charge in [-0.25, -0.2) is 9.97 Å². The molecule has 0 aliphatic carbocycles. The van der Waals surface area contributed by atoms with Crippen LogP contribution in [0.5, 0.6) is 0 Å². The smallest absolute Gasteiger partial charge is 0.207 e. The van der Waals surface area contributed by atoms with Crippen molar-refractivity contribution in [2.24, 2.45) is 11.8 Å². The van der Waals surface area contributed by atoms with Gasteiger partial charge in [0.1, 0.15) is 6.33 Å². The van der Waals surface area contributed by atoms with Crippen LogP contribution in [-0.2, 0) is 22.6 Å². The Balaban J connectivity index is 0.000000371. The second-order valence-corrected chi connectivity index (χ2v) is 15.3. The van der Waals surface area contributed by atoms with Crippen LogP contribution in [0.4, 0.5) is 11.5 Å². The van der Waals surface area contributed by atoms with Gasteiger partial charge in [0.2, 0.25) is 6.41 Å². The topological polar surface area (TPSA) is 126 Å². The summed E-state index contributed by atoms with van der Waals surface area (Å²) >= 11 is 5.90. The monoisotopic (exact) mass is 804 g/mol. The van der Waals surface area contributed by atoms with E-state index in [9.17, 15) is 4.79 Å². The number of hydrogen-bond acceptors (Lipinski definition) is 8. The summed E-state index contributed by atoms with van der Waals surface area (Å²) in [6.45, 7) is 21.7. The molecule has 0 bridgehead atoms. The predicted molar refractivity (Wildman–Crippen MR) is 245 cm³/mol. The zero-order chi connectivity index (χ0) is 42.3. The Morgan fingerprint density at radius 2 is 1.60 bits per heavy atom. The summed E-state index contributed by atoms with van der Waals surface area (Å²) in [7, 11) is 1.95. The van der Waals surface area contributed by atoms with Crippen LogP contribution < -0.4 is 27.0 Å². The minimum absolute atomic E-state index is 0.521. The summed E-state index contributed by atoms with van der Waals surface area (Å²) in [5, 5.41) is 13.1. The third-order valence-electron chi connectivity index (χ3n) is 9.17. The molecular weight excluding hydrogens is 730 g/mol. The highest BCUT2D eigenvalue weighted by Crippen LogP contribution is 2.23. The second-order valence-electron chi connectivity index (χ2n) is 14.8. The quantitative estimate of drug-likeness (QED) is 0.0560. The van der Waals surface area contributed by atoms with Gasteiger partial charge in [-0.2, -0.15) is 0 Å². The molecule has 0 radical (unpaired) electrons. The molecule has 0 saturated carbocycles. The Morgan fingerprint density at radius 1 is 0.895 bits per heavy atom. The number of ether oxygens (including phenoxy) is 1. The summed E-state index contributed by atoms with van der Waals surface area (Å²) in [4.78, 5) is 17.7. The molecule has 6 N–H and O–H groups in total. The number of aromatic nitrogens is 2. The first kappa shape index (κ1) is 51.0. The predicted octanol–water partition coefficient (Wildman–Crippen LogP) is 10.5. The van der Waals surface area contributed by atoms with Crippen LogP contribution in [0.25, 0.3) is 11.1 Å². The summed E-state index contributed by atoms with van der Waals surface area (Å²) in [5.74, 6) is 1.84. The SMILES string of the molecule is CCC(C)CCNC=O.CCC1CCC(C)O1.CCCNCc1cccc(-c2ccc(Cl)cc2)c1.CNCc1ccccc1.Cc1ncnc(N)c1NCC(C)C. The number of anilines is 2. The molecule has 1 saturated heterocycles. The fourth-order valence-corrected chi connectivity index (χ4v) is 5.63. The lowest BCUT2D eigenvalue weighted by Crippen LogP contribution is -2.14. The number of rotatable bonds is 16. The van der Waals surface area contributed by atoms with Gasteiger partial charge < -0.3 is 31.7 Å². The van der Waals surface area contributed by atoms with Gasteiger partial charge in [-0.1, -0.05) is 120 Å². The Hall–Kier alpha value is -4.02. The number of amides is 1. The standard InChI is InChI=1S/C16H18ClN.C9H16N4.C8H11N.C7H15NO.C7H14O/c1-2-10-18-12-13-4-3-5-15(11-13)14-6-8-16(17)9-7-14;1-6(2)4-11-8-7(3)12-5-13-9(8)10;1-9-7-8-5-3-2-4-6-8;1-3-7(2)4-5-8-6-9;1-3-7-5-4-6(2)8-7/h3-9,11,18H,2,10,12H2,1H3;5-6,11H,4H2,1-3H3,(H2,10,12,13);2-6,9H,7H2,1H3;6-7H,3-5H2,1-2H3,(H,8,9);6-7H,3-5H2,1-2H3. The van der Waals surface area contributed by atoms with E-state index in [1.165, 1.54) is 54.3 Å². The molecule has 316 valence electrons. The van der Waals surface area contributed by atoms with E-state index in [0.717, 1.165) is 74.3 Å². The number of carbonyl (C=O) groups is 1. The van der Waals surface area contributed by atoms with Gasteiger partial charge in [-0.3, -0.25) is 4.79 Å². The van der Waals surface area contributed by atoms with Crippen molar-refractivity contribution < 1.29 is 9.53 Å². The number of nitrogen functional groups attached to an aromatic ring is 1. The molecule has 3 aromatic carbocycles. The average molecular weight is 805 g/mol. The minimum atomic E-state index is 0.521. The van der Waals surface area contributed by atoms with Crippen molar-refractivity contribution in [1.82, 2.24) is 25.9 Å². The van der Waals surface area contributed by atoms with Crippen molar-refractivity contribution in [2.45, 2.75) is 119 Å². The van der Waals surface area contributed by atoms with Crippen molar-refractivity contribution >= 4 is 29.5 Å². The highest BCUT2D eigenvalue weighted by Gasteiger charge is 2.19. The van der Waals surface area contributed by atoms with E-state index in [-0.39, 0.29) is 0 Å². The highest BCUT2D eigenvalue weighted by atomic mass is 35.5. The van der Waals surface area contributed by atoms with Gasteiger partial charge in [0, 0.05) is 31.2 Å². The molecule has 2 heterocycles. The molecule has 4 aromatic rings. The largest absolute Gasteiger partial charge is 0.382 e. The van der Waals surface area contributed by atoms with Gasteiger partial charge in [-0.15, -0.1) is 0 Å². The maximum absolute atomic E-state index is 9.76. The maximum Gasteiger partial charge on any atom is 0.207 e. The fourth-order valence-electron chi connectivity index (χ4n) is 5.51. The van der Waals surface area contributed by atoms with Crippen molar-refractivity contribution in [2.75, 3.05) is 37.7 Å². The van der Waals surface area contributed by atoms with E-state index < -0.39 is 0 Å². The summed E-state index contributed by atoms with van der Waals surface area (Å²) in [5.41, 5.74) is 12.5. The molecule has 1 aliphatic heterocycles. The molecule has 3 unspecified atom stereocenters. The zero-order valence-electron chi connectivity index (χ0n) is 36.4. The van der Waals surface area contributed by atoms with Crippen LogP contribution in [0.3, 0.4) is 0 Å². The van der Waals surface area contributed by atoms with Crippen LogP contribution in [0.1, 0.15) is 104 Å². The molecule has 1 aliphatic rings. The Bertz CT molecular complexity index is 1550. The van der Waals surface area contributed by atoms with E-state index in [0.29, 0.717) is 23.9 Å². The number of halogens is 1. The maximum atomic E-state index is 9.76. The third kappa shape index (κ3) is 24.4. The minimum Gasteiger partial charge on any atom is -0.382 e. The molecule has 57 heavy (non-hydrogen) atoms. The number of nitrogens with two attached hydrogens (primary N) is 1. The Labute approximate surface area is 350 Å². The molecule has 5 rings (SSSR count). The number of carbonyl (C=O) groups excluding carboxylic acids is 1. The lowest BCUT2D eigenvalue weighted by atomic mass is 10.0. The number of benzene rings is 3. The zero-order valence-corrected chi connectivity index (χ0v) is 37.2. The first-order valence-corrected chi connectivity index (χ1v) is 21.2. The molecule has 0 spiro atoms. The summed E-state index contributed by atoms with van der Waals surface area (Å²) in [6.07, 6.45) is 10.5. The second kappa shape index (κ2) is 32.0. The molecule has 1 fully saturated rings. The van der Waals surface area contributed by atoms with Crippen LogP contribution >= 0.6 is 11.6 Å². The van der Waals surface area contributed by atoms with Crippen molar-refractivity contribution in [3.05, 3.63) is 107 Å². The number of hydrogen-bond donors (Lipinski definition) is 5. The van der Waals surface area contributed by atoms with E-state index >= 15 is 0 Å². The number of aryl methyl sites for hydroxylation is 1. The van der Waals surface area contributed by atoms with E-state index in [2.05, 4.69) is 128 Å². The van der Waals surface area contributed by atoms with Gasteiger partial charge in [0.25, 0.3) is 0 Å². The van der Waals surface area contributed by atoms with Crippen molar-refractivity contribution in [3.63, 3.8) is 0 Å². The van der Waals surface area contributed by atoms with Crippen LogP contribution in [0, 0.1) is 18.8 Å². The highest BCUT2D eigenvalue weighted by molar-refractivity contribution is 6.30. The van der Waals surface area contributed by atoms with Gasteiger partial charge in [-0.05, 0) is 112 Å². The first-order chi connectivity index (χ1) is 27.5. The normalized spacial score (nSPS) is 14.6. The van der Waals surface area contributed by atoms with E-state index in [1.54, 1.807) is 0 Å². The molecule has 9 nitrogen and oxygen atoms in total. The number of nitrogens with zero attached hydrogens (tertiary/aromatic N) is 2. The van der Waals surface area contributed by atoms with E-state index in [1.807, 2.05) is 44.3 Å². The molecular formula is C47H74ClN7O2. The van der Waals surface area contributed by atoms with Crippen molar-refractivity contribution in [3.8, 4) is 11.1 Å². The van der Waals surface area contributed by atoms with Crippen LogP contribution in [-0.4, -0.2) is 55.3 Å². The van der Waals surface area contributed by atoms with E-state index in [4.69, 9.17) is 22.1 Å². The Kier molecular flexibility index (Phi) is 28.6. The molecule has 10 heteroatoms. The molecule has 1 aromatic heterocycles. The summed E-state index contributed by atoms with van der Waals surface area (Å²) in [6, 6.07) is 26.9. The fraction of sp³-hybridized carbons (Fsp3) is 0.511. The molecule has 1 amide bonds. The van der Waals surface area contributed by atoms with Gasteiger partial charge in [0.15, 0.2) is 5.82 Å². The number of nitrogens with one attached hydrogen (secondary N) is 4. The van der Waals surface area contributed by atoms with Gasteiger partial charge >= 0.3 is 0 Å². The summed E-state index contributed by atoms with van der Waals surface area (Å²) < 4.78 is 5.51. The van der Waals surface area contributed by atoms with Crippen molar-refractivity contribution in [1.29, 1.82) is 0 Å². The Morgan fingerprint density at radius 3 is 2.14 bits per heavy atom. The first-order valence-electron chi connectivity index (χ1n) is 20.8. The lowest BCUT2D eigenvalue weighted by Gasteiger charge is -2.11. The van der Waals surface area contributed by atoms with Crippen LogP contribution in [0.2, 0.25) is 5.02 Å². The van der Waals surface area contributed by atoms with Gasteiger partial charge in [0.05, 0.1) is 23.6 Å². The lowest BCUT2D eigenvalue weighted by molar-refractivity contribution is -0.109. The molecule has 3 atom stereocenters. The third-order valence-corrected chi connectivity index (χ3v) is 9.43.